The van der Waals surface area contributed by atoms with Gasteiger partial charge in [-0.1, -0.05) is 13.8 Å². The monoisotopic (exact) mass is 430 g/mol. The number of furan rings is 1. The van der Waals surface area contributed by atoms with Crippen molar-refractivity contribution in [3.05, 3.63) is 24.2 Å². The van der Waals surface area contributed by atoms with Crippen LogP contribution in [-0.4, -0.2) is 84.8 Å². The van der Waals surface area contributed by atoms with Crippen LogP contribution in [0.5, 0.6) is 0 Å². The summed E-state index contributed by atoms with van der Waals surface area (Å²) in [5.74, 6) is 0.179. The molecule has 2 aliphatic heterocycles. The Hall–Kier alpha value is -2.35. The fourth-order valence-electron chi connectivity index (χ4n) is 5.00. The SMILES string of the molecule is CC(C)[C@H](NC(=O)c1ccco1)C(=O)N1CCC2(CC1)C[C@@H]2C(=O)N1CCN(C)CC1. The molecule has 0 unspecified atom stereocenters. The summed E-state index contributed by atoms with van der Waals surface area (Å²) in [7, 11) is 2.09. The van der Waals surface area contributed by atoms with Gasteiger partial charge in [-0.2, -0.15) is 0 Å². The highest BCUT2D eigenvalue weighted by molar-refractivity contribution is 5.95. The summed E-state index contributed by atoms with van der Waals surface area (Å²) >= 11 is 0. The Morgan fingerprint density at radius 2 is 1.74 bits per heavy atom. The van der Waals surface area contributed by atoms with Crippen LogP contribution in [0.25, 0.3) is 0 Å². The molecule has 170 valence electrons. The van der Waals surface area contributed by atoms with E-state index >= 15 is 0 Å². The van der Waals surface area contributed by atoms with Crippen molar-refractivity contribution in [3.8, 4) is 0 Å². The summed E-state index contributed by atoms with van der Waals surface area (Å²) in [5.41, 5.74) is 0.0714. The summed E-state index contributed by atoms with van der Waals surface area (Å²) < 4.78 is 5.15. The lowest BCUT2D eigenvalue weighted by Gasteiger charge is -2.37. The fraction of sp³-hybridized carbons (Fsp3) is 0.696. The molecule has 2 saturated heterocycles. The van der Waals surface area contributed by atoms with E-state index in [0.717, 1.165) is 45.4 Å². The van der Waals surface area contributed by atoms with Crippen molar-refractivity contribution in [2.75, 3.05) is 46.3 Å². The van der Waals surface area contributed by atoms with Crippen LogP contribution in [0.3, 0.4) is 0 Å². The van der Waals surface area contributed by atoms with Crippen LogP contribution >= 0.6 is 0 Å². The highest BCUT2D eigenvalue weighted by atomic mass is 16.3. The van der Waals surface area contributed by atoms with Crippen LogP contribution in [0.15, 0.2) is 22.8 Å². The number of amides is 3. The highest BCUT2D eigenvalue weighted by Gasteiger charge is 2.59. The molecule has 1 aromatic rings. The lowest BCUT2D eigenvalue weighted by Crippen LogP contribution is -2.53. The molecule has 3 fully saturated rings. The predicted molar refractivity (Wildman–Crippen MR) is 115 cm³/mol. The van der Waals surface area contributed by atoms with Gasteiger partial charge >= 0.3 is 0 Å². The van der Waals surface area contributed by atoms with E-state index in [9.17, 15) is 14.4 Å². The molecule has 1 saturated carbocycles. The molecule has 1 aromatic heterocycles. The maximum Gasteiger partial charge on any atom is 0.287 e. The number of piperazine rings is 1. The number of likely N-dealkylation sites (N-methyl/N-ethyl adjacent to an activating group) is 1. The predicted octanol–water partition coefficient (Wildman–Crippen LogP) is 1.44. The highest BCUT2D eigenvalue weighted by Crippen LogP contribution is 2.60. The minimum absolute atomic E-state index is 0.0326. The Kier molecular flexibility index (Phi) is 6.10. The van der Waals surface area contributed by atoms with Gasteiger partial charge in [0.1, 0.15) is 6.04 Å². The van der Waals surface area contributed by atoms with Crippen molar-refractivity contribution in [1.29, 1.82) is 0 Å². The van der Waals surface area contributed by atoms with Gasteiger partial charge in [-0.05, 0) is 49.8 Å². The minimum Gasteiger partial charge on any atom is -0.459 e. The van der Waals surface area contributed by atoms with Gasteiger partial charge in [0, 0.05) is 45.2 Å². The smallest absolute Gasteiger partial charge is 0.287 e. The first-order valence-corrected chi connectivity index (χ1v) is 11.4. The quantitative estimate of drug-likeness (QED) is 0.764. The van der Waals surface area contributed by atoms with Crippen LogP contribution in [0, 0.1) is 17.3 Å². The molecule has 3 heterocycles. The number of likely N-dealkylation sites (tertiary alicyclic amines) is 1. The molecule has 1 spiro atoms. The minimum atomic E-state index is -0.589. The Morgan fingerprint density at radius 1 is 1.06 bits per heavy atom. The van der Waals surface area contributed by atoms with E-state index in [1.807, 2.05) is 23.6 Å². The maximum absolute atomic E-state index is 13.2. The average molecular weight is 431 g/mol. The van der Waals surface area contributed by atoms with E-state index in [4.69, 9.17) is 4.42 Å². The molecule has 3 aliphatic rings. The second kappa shape index (κ2) is 8.65. The van der Waals surface area contributed by atoms with Crippen molar-refractivity contribution in [1.82, 2.24) is 20.0 Å². The van der Waals surface area contributed by atoms with Crippen molar-refractivity contribution in [2.24, 2.45) is 17.3 Å². The van der Waals surface area contributed by atoms with Gasteiger partial charge in [0.25, 0.3) is 5.91 Å². The molecule has 1 N–H and O–H groups in total. The molecular formula is C23H34N4O4. The fourth-order valence-corrected chi connectivity index (χ4v) is 5.00. The van der Waals surface area contributed by atoms with Crippen LogP contribution in [0.2, 0.25) is 0 Å². The molecular weight excluding hydrogens is 396 g/mol. The molecule has 4 rings (SSSR count). The van der Waals surface area contributed by atoms with Gasteiger partial charge in [0.05, 0.1) is 6.26 Å². The number of nitrogens with zero attached hydrogens (tertiary/aromatic N) is 3. The first-order chi connectivity index (χ1) is 14.8. The molecule has 0 bridgehead atoms. The Balaban J connectivity index is 1.31. The molecule has 0 radical (unpaired) electrons. The van der Waals surface area contributed by atoms with Crippen molar-refractivity contribution < 1.29 is 18.8 Å². The standard InChI is InChI=1S/C23H34N4O4/c1-16(2)19(24-20(28)18-5-4-14-31-18)22(30)26-8-6-23(7-9-26)15-17(23)21(29)27-12-10-25(3)11-13-27/h4-5,14,16-17,19H,6-13,15H2,1-3H3,(H,24,28)/t17-,19+/m1/s1. The Bertz CT molecular complexity index is 806. The zero-order chi connectivity index (χ0) is 22.2. The summed E-state index contributed by atoms with van der Waals surface area (Å²) in [5, 5.41) is 2.84. The Morgan fingerprint density at radius 3 is 2.32 bits per heavy atom. The number of rotatable bonds is 5. The van der Waals surface area contributed by atoms with E-state index in [-0.39, 0.29) is 34.8 Å². The molecule has 2 atom stereocenters. The van der Waals surface area contributed by atoms with Crippen molar-refractivity contribution >= 4 is 17.7 Å². The molecule has 31 heavy (non-hydrogen) atoms. The number of hydrogen-bond acceptors (Lipinski definition) is 5. The first kappa shape index (κ1) is 21.9. The maximum atomic E-state index is 13.2. The molecule has 0 aromatic carbocycles. The van der Waals surface area contributed by atoms with Gasteiger partial charge in [-0.15, -0.1) is 0 Å². The van der Waals surface area contributed by atoms with E-state index in [2.05, 4.69) is 17.3 Å². The third kappa shape index (κ3) is 4.49. The number of piperidine rings is 1. The number of nitrogens with one attached hydrogen (secondary N) is 1. The van der Waals surface area contributed by atoms with Crippen LogP contribution in [-0.2, 0) is 9.59 Å². The lowest BCUT2D eigenvalue weighted by molar-refractivity contribution is -0.137. The molecule has 1 aliphatic carbocycles. The number of carbonyl (C=O) groups excluding carboxylic acids is 3. The lowest BCUT2D eigenvalue weighted by atomic mass is 9.89. The molecule has 8 heteroatoms. The second-order valence-electron chi connectivity index (χ2n) is 9.75. The van der Waals surface area contributed by atoms with Gasteiger partial charge in [-0.3, -0.25) is 14.4 Å². The van der Waals surface area contributed by atoms with Crippen LogP contribution in [0.1, 0.15) is 43.7 Å². The van der Waals surface area contributed by atoms with E-state index in [0.29, 0.717) is 19.0 Å². The van der Waals surface area contributed by atoms with Gasteiger partial charge < -0.3 is 24.4 Å². The first-order valence-electron chi connectivity index (χ1n) is 11.4. The topological polar surface area (TPSA) is 86.1 Å². The van der Waals surface area contributed by atoms with E-state index < -0.39 is 6.04 Å². The van der Waals surface area contributed by atoms with Crippen molar-refractivity contribution in [2.45, 2.75) is 39.2 Å². The van der Waals surface area contributed by atoms with Crippen molar-refractivity contribution in [3.63, 3.8) is 0 Å². The summed E-state index contributed by atoms with van der Waals surface area (Å²) in [6, 6.07) is 2.65. The van der Waals surface area contributed by atoms with E-state index in [1.165, 1.54) is 6.26 Å². The second-order valence-corrected chi connectivity index (χ2v) is 9.75. The summed E-state index contributed by atoms with van der Waals surface area (Å²) in [6.45, 7) is 8.67. The largest absolute Gasteiger partial charge is 0.459 e. The van der Waals surface area contributed by atoms with E-state index in [1.54, 1.807) is 12.1 Å². The third-order valence-corrected chi connectivity index (χ3v) is 7.34. The zero-order valence-corrected chi connectivity index (χ0v) is 18.8. The van der Waals surface area contributed by atoms with Gasteiger partial charge in [0.2, 0.25) is 11.8 Å². The number of carbonyl (C=O) groups is 3. The van der Waals surface area contributed by atoms with Gasteiger partial charge in [0.15, 0.2) is 5.76 Å². The summed E-state index contributed by atoms with van der Waals surface area (Å²) in [4.78, 5) is 44.7. The van der Waals surface area contributed by atoms with Gasteiger partial charge in [-0.25, -0.2) is 0 Å². The Labute approximate surface area is 183 Å². The molecule has 3 amide bonds. The van der Waals surface area contributed by atoms with Crippen LogP contribution < -0.4 is 5.32 Å². The normalized spacial score (nSPS) is 24.3. The average Bonchev–Trinajstić information content (AvgIpc) is 3.18. The summed E-state index contributed by atoms with van der Waals surface area (Å²) in [6.07, 6.45) is 4.11. The molecule has 8 nitrogen and oxygen atoms in total. The zero-order valence-electron chi connectivity index (χ0n) is 18.8. The van der Waals surface area contributed by atoms with Crippen LogP contribution in [0.4, 0.5) is 0 Å². The number of hydrogen-bond donors (Lipinski definition) is 1. The third-order valence-electron chi connectivity index (χ3n) is 7.34.